The van der Waals surface area contributed by atoms with E-state index in [0.717, 1.165) is 5.56 Å². The number of ether oxygens (including phenoxy) is 1. The van der Waals surface area contributed by atoms with Gasteiger partial charge >= 0.3 is 0 Å². The highest BCUT2D eigenvalue weighted by atomic mass is 16.5. The Bertz CT molecular complexity index is 839. The predicted molar refractivity (Wildman–Crippen MR) is 85.9 cm³/mol. The average molecular weight is 321 g/mol. The van der Waals surface area contributed by atoms with Gasteiger partial charge in [0, 0.05) is 5.92 Å². The van der Waals surface area contributed by atoms with Crippen LogP contribution in [0.1, 0.15) is 23.5 Å². The Kier molecular flexibility index (Phi) is 3.70. The van der Waals surface area contributed by atoms with Gasteiger partial charge < -0.3 is 16.2 Å². The lowest BCUT2D eigenvalue weighted by Crippen LogP contribution is -2.38. The number of benzene rings is 2. The van der Waals surface area contributed by atoms with Crippen molar-refractivity contribution in [3.8, 4) is 17.6 Å². The van der Waals surface area contributed by atoms with Crippen LogP contribution in [-0.4, -0.2) is 11.8 Å². The predicted octanol–water partition coefficient (Wildman–Crippen LogP) is 1.79. The Morgan fingerprint density at radius 1 is 1.08 bits per heavy atom. The first-order chi connectivity index (χ1) is 11.5. The lowest BCUT2D eigenvalue weighted by Gasteiger charge is -2.11. The van der Waals surface area contributed by atoms with Crippen molar-refractivity contribution in [3.05, 3.63) is 59.7 Å². The largest absolute Gasteiger partial charge is 0.457 e. The molecule has 0 spiro atoms. The van der Waals surface area contributed by atoms with Crippen LogP contribution in [0.15, 0.2) is 48.5 Å². The second-order valence-electron chi connectivity index (χ2n) is 5.77. The van der Waals surface area contributed by atoms with Crippen molar-refractivity contribution in [1.82, 2.24) is 0 Å². The normalized spacial score (nSPS) is 17.5. The maximum Gasteiger partial charge on any atom is 0.233 e. The number of nitrogens with two attached hydrogens (primary N) is 2. The number of amides is 2. The molecule has 1 fully saturated rings. The third-order valence-corrected chi connectivity index (χ3v) is 4.32. The lowest BCUT2D eigenvalue weighted by atomic mass is 9.97. The Balaban J connectivity index is 1.81. The Hall–Kier alpha value is -3.33. The molecule has 4 N–H and O–H groups in total. The summed E-state index contributed by atoms with van der Waals surface area (Å²) < 4.78 is 5.74. The molecule has 0 bridgehead atoms. The molecule has 0 heterocycles. The second-order valence-corrected chi connectivity index (χ2v) is 5.77. The molecule has 0 saturated heterocycles. The first-order valence-corrected chi connectivity index (χ1v) is 7.35. The highest BCUT2D eigenvalue weighted by molar-refractivity contribution is 6.08. The van der Waals surface area contributed by atoms with E-state index in [1.54, 1.807) is 42.5 Å². The Morgan fingerprint density at radius 3 is 2.29 bits per heavy atom. The molecular weight excluding hydrogens is 306 g/mol. The van der Waals surface area contributed by atoms with E-state index in [2.05, 4.69) is 0 Å². The van der Waals surface area contributed by atoms with Gasteiger partial charge in [-0.05, 0) is 48.4 Å². The van der Waals surface area contributed by atoms with Gasteiger partial charge in [-0.25, -0.2) is 0 Å². The summed E-state index contributed by atoms with van der Waals surface area (Å²) in [6, 6.07) is 15.9. The Labute approximate surface area is 138 Å². The molecule has 1 atom stereocenters. The zero-order chi connectivity index (χ0) is 17.3. The third-order valence-electron chi connectivity index (χ3n) is 4.32. The van der Waals surface area contributed by atoms with Crippen molar-refractivity contribution in [3.63, 3.8) is 0 Å². The number of rotatable bonds is 5. The number of carbonyl (C=O) groups is 2. The highest BCUT2D eigenvalue weighted by Crippen LogP contribution is 2.59. The first-order valence-electron chi connectivity index (χ1n) is 7.35. The van der Waals surface area contributed by atoms with Crippen LogP contribution in [0.5, 0.6) is 11.5 Å². The van der Waals surface area contributed by atoms with Crippen molar-refractivity contribution in [1.29, 1.82) is 5.26 Å². The van der Waals surface area contributed by atoms with E-state index >= 15 is 0 Å². The van der Waals surface area contributed by atoms with E-state index in [1.807, 2.05) is 12.1 Å². The smallest absolute Gasteiger partial charge is 0.233 e. The van der Waals surface area contributed by atoms with Gasteiger partial charge in [0.25, 0.3) is 0 Å². The minimum Gasteiger partial charge on any atom is -0.457 e. The molecule has 24 heavy (non-hydrogen) atoms. The fourth-order valence-electron chi connectivity index (χ4n) is 2.86. The molecule has 1 aliphatic carbocycles. The van der Waals surface area contributed by atoms with E-state index in [-0.39, 0.29) is 5.92 Å². The van der Waals surface area contributed by atoms with Crippen molar-refractivity contribution in [2.75, 3.05) is 0 Å². The first kappa shape index (κ1) is 15.6. The molecule has 0 aliphatic heterocycles. The summed E-state index contributed by atoms with van der Waals surface area (Å²) in [6.45, 7) is 0. The standard InChI is InChI=1S/C18H15N3O3/c19-10-11-4-6-13(7-5-11)24-14-3-1-2-12(8-14)15-9-18(15,16(20)22)17(21)23/h1-8,15H,9H2,(H2,20,22)(H2,21,23). The quantitative estimate of drug-likeness (QED) is 0.816. The van der Waals surface area contributed by atoms with Crippen LogP contribution < -0.4 is 16.2 Å². The molecular formula is C18H15N3O3. The highest BCUT2D eigenvalue weighted by Gasteiger charge is 2.64. The van der Waals surface area contributed by atoms with Gasteiger partial charge in [0.1, 0.15) is 16.9 Å². The lowest BCUT2D eigenvalue weighted by molar-refractivity contribution is -0.133. The van der Waals surface area contributed by atoms with Gasteiger partial charge in [0.2, 0.25) is 11.8 Å². The van der Waals surface area contributed by atoms with Crippen LogP contribution in [0, 0.1) is 16.7 Å². The minimum atomic E-state index is -1.30. The SMILES string of the molecule is N#Cc1ccc(Oc2cccc(C3CC3(C(N)=O)C(N)=O)c2)cc1. The van der Waals surface area contributed by atoms with Crippen molar-refractivity contribution in [2.24, 2.45) is 16.9 Å². The molecule has 6 heteroatoms. The summed E-state index contributed by atoms with van der Waals surface area (Å²) in [5.41, 5.74) is 10.7. The fraction of sp³-hybridized carbons (Fsp3) is 0.167. The van der Waals surface area contributed by atoms with E-state index in [1.165, 1.54) is 0 Å². The van der Waals surface area contributed by atoms with Crippen LogP contribution in [0.2, 0.25) is 0 Å². The summed E-state index contributed by atoms with van der Waals surface area (Å²) in [5, 5.41) is 8.80. The van der Waals surface area contributed by atoms with Gasteiger partial charge in [0.15, 0.2) is 0 Å². The topological polar surface area (TPSA) is 119 Å². The number of nitrogens with zero attached hydrogens (tertiary/aromatic N) is 1. The van der Waals surface area contributed by atoms with Gasteiger partial charge in [-0.2, -0.15) is 5.26 Å². The number of carbonyl (C=O) groups excluding carboxylic acids is 2. The average Bonchev–Trinajstić information content (AvgIpc) is 3.33. The van der Waals surface area contributed by atoms with Crippen molar-refractivity contribution >= 4 is 11.8 Å². The Morgan fingerprint density at radius 2 is 1.75 bits per heavy atom. The molecule has 2 aromatic carbocycles. The zero-order valence-electron chi connectivity index (χ0n) is 12.7. The van der Waals surface area contributed by atoms with Crippen LogP contribution >= 0.6 is 0 Å². The van der Waals surface area contributed by atoms with E-state index in [9.17, 15) is 9.59 Å². The fourth-order valence-corrected chi connectivity index (χ4v) is 2.86. The van der Waals surface area contributed by atoms with Crippen molar-refractivity contribution < 1.29 is 14.3 Å². The number of hydrogen-bond donors (Lipinski definition) is 2. The summed E-state index contributed by atoms with van der Waals surface area (Å²) >= 11 is 0. The maximum atomic E-state index is 11.6. The monoisotopic (exact) mass is 321 g/mol. The number of hydrogen-bond acceptors (Lipinski definition) is 4. The molecule has 3 rings (SSSR count). The zero-order valence-corrected chi connectivity index (χ0v) is 12.7. The van der Waals surface area contributed by atoms with Crippen LogP contribution in [-0.2, 0) is 9.59 Å². The molecule has 2 amide bonds. The van der Waals surface area contributed by atoms with Crippen LogP contribution in [0.4, 0.5) is 0 Å². The van der Waals surface area contributed by atoms with Gasteiger partial charge in [-0.3, -0.25) is 9.59 Å². The number of nitriles is 1. The van der Waals surface area contributed by atoms with Gasteiger partial charge in [-0.15, -0.1) is 0 Å². The molecule has 1 unspecified atom stereocenters. The molecule has 0 radical (unpaired) electrons. The third kappa shape index (κ3) is 2.57. The molecule has 1 aliphatic rings. The molecule has 6 nitrogen and oxygen atoms in total. The molecule has 1 saturated carbocycles. The summed E-state index contributed by atoms with van der Waals surface area (Å²) in [6.07, 6.45) is 0.317. The molecule has 120 valence electrons. The molecule has 2 aromatic rings. The number of primary amides is 2. The maximum absolute atomic E-state index is 11.6. The van der Waals surface area contributed by atoms with E-state index in [4.69, 9.17) is 21.5 Å². The van der Waals surface area contributed by atoms with Gasteiger partial charge in [-0.1, -0.05) is 12.1 Å². The van der Waals surface area contributed by atoms with Gasteiger partial charge in [0.05, 0.1) is 11.6 Å². The second kappa shape index (κ2) is 5.70. The van der Waals surface area contributed by atoms with E-state index in [0.29, 0.717) is 23.5 Å². The summed E-state index contributed by atoms with van der Waals surface area (Å²) in [5.74, 6) is -0.571. The van der Waals surface area contributed by atoms with Crippen LogP contribution in [0.3, 0.4) is 0 Å². The summed E-state index contributed by atoms with van der Waals surface area (Å²) in [7, 11) is 0. The summed E-state index contributed by atoms with van der Waals surface area (Å²) in [4.78, 5) is 23.2. The molecule has 0 aromatic heterocycles. The van der Waals surface area contributed by atoms with Crippen LogP contribution in [0.25, 0.3) is 0 Å². The van der Waals surface area contributed by atoms with Crippen molar-refractivity contribution in [2.45, 2.75) is 12.3 Å². The minimum absolute atomic E-state index is 0.317. The van der Waals surface area contributed by atoms with E-state index < -0.39 is 17.2 Å².